The van der Waals surface area contributed by atoms with Gasteiger partial charge in [0, 0.05) is 10.3 Å². The molecule has 12 heavy (non-hydrogen) atoms. The molecule has 1 heteroatoms. The Kier molecular flexibility index (Phi) is 0.852. The van der Waals surface area contributed by atoms with Crippen molar-refractivity contribution in [3.8, 4) is 0 Å². The fourth-order valence-electron chi connectivity index (χ4n) is 3.91. The van der Waals surface area contributed by atoms with Crippen molar-refractivity contribution in [2.45, 2.75) is 24.7 Å². The fraction of sp³-hybridized carbons (Fsp3) is 0.636. The van der Waals surface area contributed by atoms with Crippen molar-refractivity contribution in [2.24, 2.45) is 17.8 Å². The van der Waals surface area contributed by atoms with Gasteiger partial charge in [0.2, 0.25) is 0 Å². The van der Waals surface area contributed by atoms with Crippen molar-refractivity contribution in [1.29, 1.82) is 0 Å². The van der Waals surface area contributed by atoms with Gasteiger partial charge in [-0.1, -0.05) is 12.5 Å². The lowest BCUT2D eigenvalue weighted by Crippen LogP contribution is -2.17. The van der Waals surface area contributed by atoms with Crippen LogP contribution in [0.5, 0.6) is 0 Å². The lowest BCUT2D eigenvalue weighted by atomic mass is 9.82. The zero-order chi connectivity index (χ0) is 7.76. The van der Waals surface area contributed by atoms with Gasteiger partial charge in [0.15, 0.2) is 0 Å². The van der Waals surface area contributed by atoms with Crippen LogP contribution in [-0.4, -0.2) is 0 Å². The first-order chi connectivity index (χ1) is 5.95. The summed E-state index contributed by atoms with van der Waals surface area (Å²) in [5.74, 6) is 3.38. The molecule has 0 aliphatic heterocycles. The first-order valence-corrected chi connectivity index (χ1v) is 5.87. The predicted octanol–water partition coefficient (Wildman–Crippen LogP) is 3.05. The third-order valence-electron chi connectivity index (χ3n) is 4.41. The molecule has 3 fully saturated rings. The highest BCUT2D eigenvalue weighted by atomic mass is 32.1. The van der Waals surface area contributed by atoms with Gasteiger partial charge < -0.3 is 0 Å². The minimum atomic E-state index is 0.770. The molecule has 0 nitrogen and oxygen atoms in total. The van der Waals surface area contributed by atoms with Crippen LogP contribution in [0.2, 0.25) is 0 Å². The van der Waals surface area contributed by atoms with Gasteiger partial charge in [0.1, 0.15) is 0 Å². The second-order valence-electron chi connectivity index (χ2n) is 4.58. The average Bonchev–Trinajstić information content (AvgIpc) is 2.92. The maximum Gasteiger partial charge on any atom is 0.0144 e. The normalized spacial score (nSPS) is 53.2. The Morgan fingerprint density at radius 2 is 2.17 bits per heavy atom. The molecular formula is C11H12S. The molecule has 1 heterocycles. The largest absolute Gasteiger partial charge is 0.148 e. The minimum absolute atomic E-state index is 0.770. The molecule has 3 saturated carbocycles. The van der Waals surface area contributed by atoms with E-state index in [1.807, 2.05) is 11.3 Å². The molecule has 0 radical (unpaired) electrons. The lowest BCUT2D eigenvalue weighted by Gasteiger charge is -2.24. The van der Waals surface area contributed by atoms with E-state index in [0.717, 1.165) is 23.2 Å². The van der Waals surface area contributed by atoms with Gasteiger partial charge in [-0.05, 0) is 42.0 Å². The van der Waals surface area contributed by atoms with Gasteiger partial charge in [-0.3, -0.25) is 0 Å². The van der Waals surface area contributed by atoms with Crippen LogP contribution in [0.1, 0.15) is 24.1 Å². The Labute approximate surface area is 76.6 Å². The summed E-state index contributed by atoms with van der Waals surface area (Å²) >= 11 is 1.99. The quantitative estimate of drug-likeness (QED) is 0.617. The van der Waals surface area contributed by atoms with E-state index in [9.17, 15) is 0 Å². The van der Waals surface area contributed by atoms with Crippen LogP contribution in [-0.2, 0) is 5.41 Å². The maximum absolute atomic E-state index is 2.36. The second-order valence-corrected chi connectivity index (χ2v) is 5.53. The molecule has 0 spiro atoms. The van der Waals surface area contributed by atoms with Gasteiger partial charge in [-0.2, -0.15) is 0 Å². The number of thiophene rings is 1. The van der Waals surface area contributed by atoms with Gasteiger partial charge in [0.25, 0.3) is 0 Å². The van der Waals surface area contributed by atoms with E-state index in [1.165, 1.54) is 19.3 Å². The van der Waals surface area contributed by atoms with E-state index in [0.29, 0.717) is 0 Å². The third kappa shape index (κ3) is 0.443. The van der Waals surface area contributed by atoms with Crippen molar-refractivity contribution in [2.75, 3.05) is 0 Å². The summed E-state index contributed by atoms with van der Waals surface area (Å²) < 4.78 is 0. The highest BCUT2D eigenvalue weighted by molar-refractivity contribution is 7.10. The van der Waals surface area contributed by atoms with E-state index in [1.54, 1.807) is 4.88 Å². The summed E-state index contributed by atoms with van der Waals surface area (Å²) in [4.78, 5) is 1.71. The maximum atomic E-state index is 2.36. The lowest BCUT2D eigenvalue weighted by molar-refractivity contribution is 0.317. The van der Waals surface area contributed by atoms with Crippen LogP contribution in [0.15, 0.2) is 17.5 Å². The molecule has 1 aromatic heterocycles. The fourth-order valence-corrected chi connectivity index (χ4v) is 5.01. The van der Waals surface area contributed by atoms with Gasteiger partial charge in [-0.25, -0.2) is 0 Å². The van der Waals surface area contributed by atoms with E-state index in [4.69, 9.17) is 0 Å². The molecule has 0 N–H and O–H groups in total. The molecule has 4 rings (SSSR count). The van der Waals surface area contributed by atoms with Crippen LogP contribution >= 0.6 is 11.3 Å². The van der Waals surface area contributed by atoms with Crippen LogP contribution in [0.4, 0.5) is 0 Å². The molecule has 0 saturated heterocycles. The molecule has 1 aromatic rings. The Hall–Kier alpha value is -0.300. The standard InChI is InChI=1S/C11H12S/c1-3-7-10-8(4-1)11(7,10)9-5-2-6-12-9/h2,5-8,10H,1,3-4H2. The summed E-state index contributed by atoms with van der Waals surface area (Å²) in [6.45, 7) is 0. The monoisotopic (exact) mass is 176 g/mol. The molecule has 62 valence electrons. The van der Waals surface area contributed by atoms with Crippen molar-refractivity contribution >= 4 is 11.3 Å². The number of rotatable bonds is 1. The van der Waals surface area contributed by atoms with Crippen molar-refractivity contribution in [1.82, 2.24) is 0 Å². The number of hydrogen-bond donors (Lipinski definition) is 0. The van der Waals surface area contributed by atoms with E-state index < -0.39 is 0 Å². The molecule has 0 aromatic carbocycles. The Morgan fingerprint density at radius 1 is 1.33 bits per heavy atom. The van der Waals surface area contributed by atoms with Crippen LogP contribution in [0.25, 0.3) is 0 Å². The molecule has 0 bridgehead atoms. The summed E-state index contributed by atoms with van der Waals surface area (Å²) in [7, 11) is 0. The first-order valence-electron chi connectivity index (χ1n) is 4.99. The summed E-state index contributed by atoms with van der Waals surface area (Å²) in [6.07, 6.45) is 4.57. The smallest absolute Gasteiger partial charge is 0.0144 e. The zero-order valence-electron chi connectivity index (χ0n) is 6.99. The highest BCUT2D eigenvalue weighted by Gasteiger charge is 2.87. The summed E-state index contributed by atoms with van der Waals surface area (Å²) in [5.41, 5.74) is 0.770. The van der Waals surface area contributed by atoms with Crippen molar-refractivity contribution in [3.63, 3.8) is 0 Å². The number of hydrogen-bond acceptors (Lipinski definition) is 1. The molecular weight excluding hydrogens is 164 g/mol. The van der Waals surface area contributed by atoms with E-state index in [2.05, 4.69) is 17.5 Å². The minimum Gasteiger partial charge on any atom is -0.148 e. The number of fused-ring (bicyclic) bond motifs is 2. The molecule has 2 atom stereocenters. The molecule has 2 unspecified atom stereocenters. The van der Waals surface area contributed by atoms with E-state index in [-0.39, 0.29) is 0 Å². The highest BCUT2D eigenvalue weighted by Crippen LogP contribution is 2.88. The Balaban J connectivity index is 1.80. The van der Waals surface area contributed by atoms with Crippen molar-refractivity contribution < 1.29 is 0 Å². The summed E-state index contributed by atoms with van der Waals surface area (Å²) in [6, 6.07) is 4.58. The van der Waals surface area contributed by atoms with E-state index >= 15 is 0 Å². The third-order valence-corrected chi connectivity index (χ3v) is 5.44. The predicted molar refractivity (Wildman–Crippen MR) is 50.3 cm³/mol. The van der Waals surface area contributed by atoms with Gasteiger partial charge in [-0.15, -0.1) is 11.3 Å². The summed E-state index contributed by atoms with van der Waals surface area (Å²) in [5, 5.41) is 2.24. The molecule has 3 aliphatic carbocycles. The van der Waals surface area contributed by atoms with Gasteiger partial charge in [0.05, 0.1) is 0 Å². The van der Waals surface area contributed by atoms with Crippen LogP contribution in [0.3, 0.4) is 0 Å². The van der Waals surface area contributed by atoms with Crippen LogP contribution < -0.4 is 0 Å². The molecule has 0 amide bonds. The van der Waals surface area contributed by atoms with Crippen LogP contribution in [0, 0.1) is 17.8 Å². The average molecular weight is 176 g/mol. The van der Waals surface area contributed by atoms with Crippen molar-refractivity contribution in [3.05, 3.63) is 22.4 Å². The Bertz CT molecular complexity index is 303. The second kappa shape index (κ2) is 1.65. The zero-order valence-corrected chi connectivity index (χ0v) is 7.81. The first kappa shape index (κ1) is 6.20. The molecule has 3 aliphatic rings. The Morgan fingerprint density at radius 3 is 2.75 bits per heavy atom. The topological polar surface area (TPSA) is 0 Å². The SMILES string of the molecule is c1csc(C23C4CCCC2C43)c1. The van der Waals surface area contributed by atoms with Gasteiger partial charge >= 0.3 is 0 Å².